The monoisotopic (exact) mass is 322 g/mol. The summed E-state index contributed by atoms with van der Waals surface area (Å²) in [6.07, 6.45) is 2.66. The van der Waals surface area contributed by atoms with E-state index in [4.69, 9.17) is 0 Å². The number of fused-ring (bicyclic) bond motifs is 3. The maximum atomic E-state index is 13.0. The summed E-state index contributed by atoms with van der Waals surface area (Å²) in [4.78, 5) is 15.9. The molecule has 2 N–H and O–H groups in total. The second-order valence-corrected chi connectivity index (χ2v) is 6.55. The summed E-state index contributed by atoms with van der Waals surface area (Å²) in [6.45, 7) is 2.09. The third-order valence-electron chi connectivity index (χ3n) is 4.78. The van der Waals surface area contributed by atoms with Crippen molar-refractivity contribution in [3.05, 3.63) is 70.7 Å². The third-order valence-corrected chi connectivity index (χ3v) is 4.78. The van der Waals surface area contributed by atoms with E-state index in [2.05, 4.69) is 35.4 Å². The number of carbonyl (C=O) groups is 1. The molecule has 0 saturated heterocycles. The number of nitrogens with one attached hydrogen (secondary N) is 2. The second kappa shape index (κ2) is 5.78. The van der Waals surface area contributed by atoms with E-state index in [0.717, 1.165) is 24.8 Å². The fourth-order valence-corrected chi connectivity index (χ4v) is 3.52. The molecule has 1 unspecified atom stereocenters. The van der Waals surface area contributed by atoms with Gasteiger partial charge in [0.2, 0.25) is 0 Å². The van der Waals surface area contributed by atoms with Gasteiger partial charge in [0.05, 0.1) is 0 Å². The minimum atomic E-state index is -0.331. The molecular weight excluding hydrogens is 303 g/mol. The standard InChI is InChI=1S/C20H19FN2O/c1-12-2-8-18-16(10-12)17-11-15(7-9-19(17)23-18)22-20(24)13-3-5-14(21)6-4-13/h2-6,8,10,15,23H,7,9,11H2,1H3,(H,22,24). The van der Waals surface area contributed by atoms with Crippen molar-refractivity contribution < 1.29 is 9.18 Å². The van der Waals surface area contributed by atoms with Gasteiger partial charge in [0.1, 0.15) is 5.82 Å². The molecule has 0 radical (unpaired) electrons. The Bertz CT molecular complexity index is 911. The van der Waals surface area contributed by atoms with E-state index in [1.54, 1.807) is 0 Å². The molecule has 0 aliphatic heterocycles. The molecule has 0 bridgehead atoms. The summed E-state index contributed by atoms with van der Waals surface area (Å²) < 4.78 is 13.0. The molecule has 1 amide bonds. The van der Waals surface area contributed by atoms with Gasteiger partial charge in [0.15, 0.2) is 0 Å². The predicted octanol–water partition coefficient (Wildman–Crippen LogP) is 3.90. The molecule has 3 nitrogen and oxygen atoms in total. The highest BCUT2D eigenvalue weighted by Crippen LogP contribution is 2.30. The Morgan fingerprint density at radius 1 is 1.21 bits per heavy atom. The maximum Gasteiger partial charge on any atom is 0.251 e. The number of H-pyrrole nitrogens is 1. The van der Waals surface area contributed by atoms with Crippen molar-refractivity contribution in [1.29, 1.82) is 0 Å². The molecule has 1 heterocycles. The largest absolute Gasteiger partial charge is 0.358 e. The van der Waals surface area contributed by atoms with Crippen LogP contribution in [-0.2, 0) is 12.8 Å². The predicted molar refractivity (Wildman–Crippen MR) is 92.7 cm³/mol. The fourth-order valence-electron chi connectivity index (χ4n) is 3.52. The van der Waals surface area contributed by atoms with Gasteiger partial charge in [-0.3, -0.25) is 4.79 Å². The van der Waals surface area contributed by atoms with E-state index in [9.17, 15) is 9.18 Å². The van der Waals surface area contributed by atoms with Crippen molar-refractivity contribution in [2.75, 3.05) is 0 Å². The Balaban J connectivity index is 1.55. The van der Waals surface area contributed by atoms with Crippen LogP contribution in [0.5, 0.6) is 0 Å². The number of aromatic nitrogens is 1. The first-order valence-corrected chi connectivity index (χ1v) is 8.26. The van der Waals surface area contributed by atoms with E-state index in [1.807, 2.05) is 0 Å². The number of benzene rings is 2. The van der Waals surface area contributed by atoms with Crippen LogP contribution in [0.15, 0.2) is 42.5 Å². The molecule has 122 valence electrons. The zero-order chi connectivity index (χ0) is 16.7. The average Bonchev–Trinajstić information content (AvgIpc) is 2.93. The molecule has 3 aromatic rings. The Labute approximate surface area is 139 Å². The number of hydrogen-bond donors (Lipinski definition) is 2. The van der Waals surface area contributed by atoms with Crippen LogP contribution in [0.2, 0.25) is 0 Å². The van der Waals surface area contributed by atoms with Crippen molar-refractivity contribution in [3.63, 3.8) is 0 Å². The van der Waals surface area contributed by atoms with Crippen molar-refractivity contribution >= 4 is 16.8 Å². The summed E-state index contributed by atoms with van der Waals surface area (Å²) in [5.74, 6) is -0.470. The highest BCUT2D eigenvalue weighted by atomic mass is 19.1. The zero-order valence-corrected chi connectivity index (χ0v) is 13.5. The van der Waals surface area contributed by atoms with E-state index >= 15 is 0 Å². The Kier molecular flexibility index (Phi) is 3.60. The number of aryl methyl sites for hydroxylation is 2. The highest BCUT2D eigenvalue weighted by molar-refractivity contribution is 5.94. The number of rotatable bonds is 2. The van der Waals surface area contributed by atoms with Crippen molar-refractivity contribution in [1.82, 2.24) is 10.3 Å². The van der Waals surface area contributed by atoms with E-state index in [0.29, 0.717) is 5.56 Å². The Morgan fingerprint density at radius 3 is 2.79 bits per heavy atom. The van der Waals surface area contributed by atoms with Gasteiger partial charge in [0.25, 0.3) is 5.91 Å². The van der Waals surface area contributed by atoms with Gasteiger partial charge in [0, 0.05) is 28.2 Å². The van der Waals surface area contributed by atoms with Crippen LogP contribution < -0.4 is 5.32 Å². The van der Waals surface area contributed by atoms with Crippen LogP contribution >= 0.6 is 0 Å². The van der Waals surface area contributed by atoms with Gasteiger partial charge >= 0.3 is 0 Å². The van der Waals surface area contributed by atoms with Gasteiger partial charge in [-0.05, 0) is 68.1 Å². The van der Waals surface area contributed by atoms with Crippen LogP contribution in [-0.4, -0.2) is 16.9 Å². The third kappa shape index (κ3) is 2.68. The van der Waals surface area contributed by atoms with Crippen LogP contribution in [0.1, 0.15) is 33.6 Å². The first-order chi connectivity index (χ1) is 11.6. The molecule has 1 aromatic heterocycles. The van der Waals surface area contributed by atoms with Gasteiger partial charge in [-0.1, -0.05) is 11.6 Å². The first kappa shape index (κ1) is 14.9. The van der Waals surface area contributed by atoms with Gasteiger partial charge in [-0.15, -0.1) is 0 Å². The number of halogens is 1. The summed E-state index contributed by atoms with van der Waals surface area (Å²) in [6, 6.07) is 12.2. The van der Waals surface area contributed by atoms with E-state index < -0.39 is 0 Å². The smallest absolute Gasteiger partial charge is 0.251 e. The van der Waals surface area contributed by atoms with Crippen LogP contribution in [0.25, 0.3) is 10.9 Å². The number of aromatic amines is 1. The van der Waals surface area contributed by atoms with E-state index in [1.165, 1.54) is 46.5 Å². The van der Waals surface area contributed by atoms with Crippen molar-refractivity contribution in [2.45, 2.75) is 32.2 Å². The zero-order valence-electron chi connectivity index (χ0n) is 13.5. The van der Waals surface area contributed by atoms with Crippen LogP contribution in [0.4, 0.5) is 4.39 Å². The molecule has 0 saturated carbocycles. The van der Waals surface area contributed by atoms with Gasteiger partial charge in [-0.25, -0.2) is 4.39 Å². The quantitative estimate of drug-likeness (QED) is 0.738. The Hall–Kier alpha value is -2.62. The molecule has 0 fully saturated rings. The molecule has 1 aliphatic rings. The molecule has 4 rings (SSSR count). The topological polar surface area (TPSA) is 44.9 Å². The molecule has 0 spiro atoms. The van der Waals surface area contributed by atoms with Crippen LogP contribution in [0, 0.1) is 12.7 Å². The number of amides is 1. The SMILES string of the molecule is Cc1ccc2[nH]c3c(c2c1)CC(NC(=O)c1ccc(F)cc1)CC3. The lowest BCUT2D eigenvalue weighted by Crippen LogP contribution is -2.38. The number of hydrogen-bond acceptors (Lipinski definition) is 1. The molecule has 24 heavy (non-hydrogen) atoms. The minimum Gasteiger partial charge on any atom is -0.358 e. The minimum absolute atomic E-state index is 0.106. The first-order valence-electron chi connectivity index (χ1n) is 8.26. The van der Waals surface area contributed by atoms with Gasteiger partial charge in [-0.2, -0.15) is 0 Å². The fraction of sp³-hybridized carbons (Fsp3) is 0.250. The summed E-state index contributed by atoms with van der Waals surface area (Å²) in [5.41, 5.74) is 5.49. The Morgan fingerprint density at radius 2 is 2.00 bits per heavy atom. The number of carbonyl (C=O) groups excluding carboxylic acids is 1. The molecule has 1 aliphatic carbocycles. The summed E-state index contributed by atoms with van der Waals surface area (Å²) in [7, 11) is 0. The van der Waals surface area contributed by atoms with E-state index in [-0.39, 0.29) is 17.8 Å². The molecule has 1 atom stereocenters. The van der Waals surface area contributed by atoms with Crippen molar-refractivity contribution in [3.8, 4) is 0 Å². The maximum absolute atomic E-state index is 13.0. The second-order valence-electron chi connectivity index (χ2n) is 6.55. The lowest BCUT2D eigenvalue weighted by molar-refractivity contribution is 0.0933. The lowest BCUT2D eigenvalue weighted by atomic mass is 9.91. The van der Waals surface area contributed by atoms with Gasteiger partial charge < -0.3 is 10.3 Å². The molecule has 2 aromatic carbocycles. The summed E-state index contributed by atoms with van der Waals surface area (Å²) in [5, 5.41) is 4.34. The average molecular weight is 322 g/mol. The molecular formula is C20H19FN2O. The van der Waals surface area contributed by atoms with Crippen molar-refractivity contribution in [2.24, 2.45) is 0 Å². The molecule has 4 heteroatoms. The lowest BCUT2D eigenvalue weighted by Gasteiger charge is -2.23. The normalized spacial score (nSPS) is 16.8. The van der Waals surface area contributed by atoms with Crippen LogP contribution in [0.3, 0.4) is 0 Å². The highest BCUT2D eigenvalue weighted by Gasteiger charge is 2.24. The summed E-state index contributed by atoms with van der Waals surface area (Å²) >= 11 is 0.